The van der Waals surface area contributed by atoms with Gasteiger partial charge in [-0.3, -0.25) is 0 Å². The maximum atomic E-state index is 5.87. The molecule has 72 valence electrons. The average molecular weight is 209 g/mol. The molecule has 0 aliphatic rings. The SMILES string of the molecule is COc1cccc2nc(Cl)c(C)nc12. The largest absolute Gasteiger partial charge is 0.494 e. The molecule has 2 rings (SSSR count). The Kier molecular flexibility index (Phi) is 2.25. The van der Waals surface area contributed by atoms with Crippen LogP contribution in [0.5, 0.6) is 5.75 Å². The van der Waals surface area contributed by atoms with Gasteiger partial charge in [0.1, 0.15) is 11.3 Å². The molecule has 0 radical (unpaired) electrons. The van der Waals surface area contributed by atoms with Crippen LogP contribution in [0.2, 0.25) is 5.15 Å². The van der Waals surface area contributed by atoms with E-state index in [4.69, 9.17) is 16.3 Å². The Morgan fingerprint density at radius 3 is 2.79 bits per heavy atom. The van der Waals surface area contributed by atoms with Crippen LogP contribution in [0.15, 0.2) is 18.2 Å². The topological polar surface area (TPSA) is 35.0 Å². The number of halogens is 1. The highest BCUT2D eigenvalue weighted by molar-refractivity contribution is 6.30. The van der Waals surface area contributed by atoms with Crippen molar-refractivity contribution in [2.45, 2.75) is 6.92 Å². The van der Waals surface area contributed by atoms with Crippen molar-refractivity contribution in [2.24, 2.45) is 0 Å². The number of methoxy groups -OCH3 is 1. The van der Waals surface area contributed by atoms with Crippen molar-refractivity contribution in [2.75, 3.05) is 7.11 Å². The van der Waals surface area contributed by atoms with Crippen molar-refractivity contribution < 1.29 is 4.74 Å². The van der Waals surface area contributed by atoms with E-state index < -0.39 is 0 Å². The third-order valence-corrected chi connectivity index (χ3v) is 2.35. The lowest BCUT2D eigenvalue weighted by molar-refractivity contribution is 0.418. The van der Waals surface area contributed by atoms with Gasteiger partial charge in [0.25, 0.3) is 0 Å². The van der Waals surface area contributed by atoms with Gasteiger partial charge in [0.2, 0.25) is 0 Å². The third kappa shape index (κ3) is 1.40. The Morgan fingerprint density at radius 2 is 2.07 bits per heavy atom. The summed E-state index contributed by atoms with van der Waals surface area (Å²) < 4.78 is 5.18. The summed E-state index contributed by atoms with van der Waals surface area (Å²) in [4.78, 5) is 8.53. The number of rotatable bonds is 1. The summed E-state index contributed by atoms with van der Waals surface area (Å²) in [7, 11) is 1.61. The van der Waals surface area contributed by atoms with Gasteiger partial charge in [0.05, 0.1) is 18.3 Å². The van der Waals surface area contributed by atoms with Gasteiger partial charge in [0, 0.05) is 0 Å². The van der Waals surface area contributed by atoms with Gasteiger partial charge < -0.3 is 4.74 Å². The van der Waals surface area contributed by atoms with E-state index in [1.165, 1.54) is 0 Å². The maximum absolute atomic E-state index is 5.87. The molecule has 0 unspecified atom stereocenters. The number of ether oxygens (including phenoxy) is 1. The Hall–Kier alpha value is -1.35. The zero-order valence-electron chi connectivity index (χ0n) is 7.91. The highest BCUT2D eigenvalue weighted by Gasteiger charge is 2.06. The molecule has 2 aromatic rings. The molecule has 14 heavy (non-hydrogen) atoms. The van der Waals surface area contributed by atoms with Crippen molar-refractivity contribution in [3.8, 4) is 5.75 Å². The first-order valence-corrected chi connectivity index (χ1v) is 4.57. The summed E-state index contributed by atoms with van der Waals surface area (Å²) in [5.41, 5.74) is 2.21. The first-order chi connectivity index (χ1) is 6.72. The molecule has 4 heteroatoms. The fraction of sp³-hybridized carbons (Fsp3) is 0.200. The van der Waals surface area contributed by atoms with Gasteiger partial charge >= 0.3 is 0 Å². The van der Waals surface area contributed by atoms with Gasteiger partial charge in [0.15, 0.2) is 5.15 Å². The second-order valence-electron chi connectivity index (χ2n) is 2.93. The lowest BCUT2D eigenvalue weighted by atomic mass is 10.2. The van der Waals surface area contributed by atoms with E-state index in [1.807, 2.05) is 25.1 Å². The number of hydrogen-bond acceptors (Lipinski definition) is 3. The molecule has 3 nitrogen and oxygen atoms in total. The van der Waals surface area contributed by atoms with Crippen LogP contribution in [-0.2, 0) is 0 Å². The molecule has 0 aliphatic heterocycles. The van der Waals surface area contributed by atoms with Gasteiger partial charge in [-0.25, -0.2) is 9.97 Å². The van der Waals surface area contributed by atoms with Crippen LogP contribution < -0.4 is 4.74 Å². The van der Waals surface area contributed by atoms with Crippen LogP contribution in [0.25, 0.3) is 11.0 Å². The number of para-hydroxylation sites is 1. The number of fused-ring (bicyclic) bond motifs is 1. The van der Waals surface area contributed by atoms with Crippen molar-refractivity contribution in [1.82, 2.24) is 9.97 Å². The maximum Gasteiger partial charge on any atom is 0.150 e. The van der Waals surface area contributed by atoms with Crippen LogP contribution >= 0.6 is 11.6 Å². The quantitative estimate of drug-likeness (QED) is 0.723. The molecule has 1 aromatic heterocycles. The van der Waals surface area contributed by atoms with Crippen LogP contribution in [-0.4, -0.2) is 17.1 Å². The molecule has 0 amide bonds. The van der Waals surface area contributed by atoms with Crippen LogP contribution in [0, 0.1) is 6.92 Å². The molecule has 0 saturated carbocycles. The van der Waals surface area contributed by atoms with E-state index in [-0.39, 0.29) is 0 Å². The molecule has 0 fully saturated rings. The molecule has 0 saturated heterocycles. The third-order valence-electron chi connectivity index (χ3n) is 1.99. The molecule has 1 aromatic carbocycles. The first-order valence-electron chi connectivity index (χ1n) is 4.19. The summed E-state index contributed by atoms with van der Waals surface area (Å²) in [5, 5.41) is 0.436. The van der Waals surface area contributed by atoms with E-state index >= 15 is 0 Å². The smallest absolute Gasteiger partial charge is 0.150 e. The van der Waals surface area contributed by atoms with Crippen LogP contribution in [0.4, 0.5) is 0 Å². The fourth-order valence-electron chi connectivity index (χ4n) is 1.28. The predicted octanol–water partition coefficient (Wildman–Crippen LogP) is 2.60. The highest BCUT2D eigenvalue weighted by Crippen LogP contribution is 2.24. The van der Waals surface area contributed by atoms with Crippen molar-refractivity contribution >= 4 is 22.6 Å². The highest BCUT2D eigenvalue weighted by atomic mass is 35.5. The molecule has 0 aliphatic carbocycles. The molecule has 0 spiro atoms. The summed E-state index contributed by atoms with van der Waals surface area (Å²) >= 11 is 5.87. The Labute approximate surface area is 86.7 Å². The number of nitrogens with zero attached hydrogens (tertiary/aromatic N) is 2. The summed E-state index contributed by atoms with van der Waals surface area (Å²) in [5.74, 6) is 0.717. The second kappa shape index (κ2) is 3.42. The molecule has 0 N–H and O–H groups in total. The summed E-state index contributed by atoms with van der Waals surface area (Å²) in [6, 6.07) is 5.57. The van der Waals surface area contributed by atoms with Crippen molar-refractivity contribution in [3.63, 3.8) is 0 Å². The first kappa shape index (κ1) is 9.21. The normalized spacial score (nSPS) is 10.5. The lowest BCUT2D eigenvalue weighted by Crippen LogP contribution is -1.93. The molecule has 0 atom stereocenters. The zero-order chi connectivity index (χ0) is 10.1. The Bertz CT molecular complexity index is 485. The van der Waals surface area contributed by atoms with Gasteiger partial charge in [-0.2, -0.15) is 0 Å². The molecule has 0 bridgehead atoms. The van der Waals surface area contributed by atoms with Gasteiger partial charge in [-0.15, -0.1) is 0 Å². The second-order valence-corrected chi connectivity index (χ2v) is 3.29. The minimum absolute atomic E-state index is 0.436. The van der Waals surface area contributed by atoms with E-state index in [0.717, 1.165) is 16.8 Å². The van der Waals surface area contributed by atoms with Crippen LogP contribution in [0.3, 0.4) is 0 Å². The van der Waals surface area contributed by atoms with E-state index in [9.17, 15) is 0 Å². The fourth-order valence-corrected chi connectivity index (χ4v) is 1.41. The molecular formula is C10H9ClN2O. The van der Waals surface area contributed by atoms with Crippen molar-refractivity contribution in [3.05, 3.63) is 29.0 Å². The number of aromatic nitrogens is 2. The van der Waals surface area contributed by atoms with Gasteiger partial charge in [-0.1, -0.05) is 17.7 Å². The van der Waals surface area contributed by atoms with Crippen molar-refractivity contribution in [1.29, 1.82) is 0 Å². The molecule has 1 heterocycles. The average Bonchev–Trinajstić information content (AvgIpc) is 2.19. The monoisotopic (exact) mass is 208 g/mol. The standard InChI is InChI=1S/C10H9ClN2O/c1-6-10(11)13-7-4-3-5-8(14-2)9(7)12-6/h3-5H,1-2H3. The zero-order valence-corrected chi connectivity index (χ0v) is 8.67. The predicted molar refractivity (Wildman–Crippen MR) is 55.8 cm³/mol. The minimum Gasteiger partial charge on any atom is -0.494 e. The lowest BCUT2D eigenvalue weighted by Gasteiger charge is -2.05. The van der Waals surface area contributed by atoms with Gasteiger partial charge in [-0.05, 0) is 19.1 Å². The molecular weight excluding hydrogens is 200 g/mol. The van der Waals surface area contributed by atoms with E-state index in [1.54, 1.807) is 7.11 Å². The van der Waals surface area contributed by atoms with E-state index in [0.29, 0.717) is 10.8 Å². The number of benzene rings is 1. The van der Waals surface area contributed by atoms with Crippen LogP contribution in [0.1, 0.15) is 5.69 Å². The summed E-state index contributed by atoms with van der Waals surface area (Å²) in [6.45, 7) is 1.82. The number of aryl methyl sites for hydroxylation is 1. The minimum atomic E-state index is 0.436. The van der Waals surface area contributed by atoms with E-state index in [2.05, 4.69) is 9.97 Å². The number of hydrogen-bond donors (Lipinski definition) is 0. The summed E-state index contributed by atoms with van der Waals surface area (Å²) in [6.07, 6.45) is 0. The Balaban J connectivity index is 2.81. The Morgan fingerprint density at radius 1 is 1.29 bits per heavy atom.